The van der Waals surface area contributed by atoms with Gasteiger partial charge in [0.05, 0.1) is 28.4 Å². The second-order valence-electron chi connectivity index (χ2n) is 7.26. The first-order chi connectivity index (χ1) is 16.6. The lowest BCUT2D eigenvalue weighted by atomic mass is 10.3. The van der Waals surface area contributed by atoms with Crippen molar-refractivity contribution < 1.29 is 27.2 Å². The van der Waals surface area contributed by atoms with Gasteiger partial charge in [-0.15, -0.1) is 0 Å². The van der Waals surface area contributed by atoms with Gasteiger partial charge < -0.3 is 14.5 Å². The van der Waals surface area contributed by atoms with Gasteiger partial charge in [-0.25, -0.2) is 13.8 Å². The highest BCUT2D eigenvalue weighted by Gasteiger charge is 2.27. The predicted octanol–water partition coefficient (Wildman–Crippen LogP) is 3.66. The van der Waals surface area contributed by atoms with E-state index in [1.165, 1.54) is 56.6 Å². The zero-order valence-electron chi connectivity index (χ0n) is 19.1. The van der Waals surface area contributed by atoms with Gasteiger partial charge in [0.15, 0.2) is 0 Å². The number of amides is 2. The highest BCUT2D eigenvalue weighted by Crippen LogP contribution is 2.26. The minimum atomic E-state index is -4.15. The monoisotopic (exact) mass is 562 g/mol. The molecule has 0 atom stereocenters. The molecule has 1 heterocycles. The first-order valence-electron chi connectivity index (χ1n) is 10.2. The van der Waals surface area contributed by atoms with E-state index in [1.54, 1.807) is 25.1 Å². The molecule has 10 nitrogen and oxygen atoms in total. The van der Waals surface area contributed by atoms with E-state index in [1.807, 2.05) is 0 Å². The third-order valence-electron chi connectivity index (χ3n) is 4.67. The van der Waals surface area contributed by atoms with Crippen LogP contribution in [0, 0.1) is 6.92 Å². The molecule has 0 radical (unpaired) electrons. The number of methoxy groups -OCH3 is 1. The Kier molecular flexibility index (Phi) is 8.30. The number of nitrogens with zero attached hydrogens (tertiary/aromatic N) is 2. The van der Waals surface area contributed by atoms with E-state index in [0.717, 1.165) is 8.78 Å². The Labute approximate surface area is 211 Å². The van der Waals surface area contributed by atoms with Crippen LogP contribution in [0.2, 0.25) is 0 Å². The van der Waals surface area contributed by atoms with Crippen LogP contribution in [0.4, 0.5) is 11.4 Å². The third-order valence-corrected chi connectivity index (χ3v) is 7.24. The molecule has 0 saturated carbocycles. The summed E-state index contributed by atoms with van der Waals surface area (Å²) < 4.78 is 39.2. The Morgan fingerprint density at radius 2 is 1.80 bits per heavy atom. The van der Waals surface area contributed by atoms with Crippen molar-refractivity contribution in [2.24, 2.45) is 5.10 Å². The number of rotatable bonds is 9. The van der Waals surface area contributed by atoms with E-state index < -0.39 is 22.5 Å². The second-order valence-corrected chi connectivity index (χ2v) is 9.98. The van der Waals surface area contributed by atoms with Crippen molar-refractivity contribution >= 4 is 55.4 Å². The molecule has 2 N–H and O–H groups in total. The van der Waals surface area contributed by atoms with Crippen molar-refractivity contribution in [3.63, 3.8) is 0 Å². The Balaban J connectivity index is 1.85. The van der Waals surface area contributed by atoms with Crippen LogP contribution in [-0.4, -0.2) is 40.1 Å². The summed E-state index contributed by atoms with van der Waals surface area (Å²) in [6.07, 6.45) is 1.31. The van der Waals surface area contributed by atoms with E-state index in [0.29, 0.717) is 23.0 Å². The molecule has 2 aromatic carbocycles. The fraction of sp³-hybridized carbons (Fsp3) is 0.174. The Hall–Kier alpha value is -3.64. The van der Waals surface area contributed by atoms with Crippen LogP contribution in [0.15, 0.2) is 73.5 Å². The van der Waals surface area contributed by atoms with Gasteiger partial charge in [-0.3, -0.25) is 13.9 Å². The molecule has 2 amide bonds. The van der Waals surface area contributed by atoms with Gasteiger partial charge in [-0.05, 0) is 71.4 Å². The Bertz CT molecular complexity index is 1320. The number of hydrogen-bond acceptors (Lipinski definition) is 7. The summed E-state index contributed by atoms with van der Waals surface area (Å²) in [5.74, 6) is 0.639. The fourth-order valence-electron chi connectivity index (χ4n) is 2.98. The summed E-state index contributed by atoms with van der Waals surface area (Å²) in [6, 6.07) is 13.6. The van der Waals surface area contributed by atoms with Gasteiger partial charge in [0, 0.05) is 18.7 Å². The lowest BCUT2D eigenvalue weighted by Crippen LogP contribution is -2.39. The number of nitrogens with one attached hydrogen (secondary N) is 2. The molecule has 0 fully saturated rings. The number of halogens is 1. The molecule has 1 aromatic heterocycles. The smallest absolute Gasteiger partial charge is 0.264 e. The summed E-state index contributed by atoms with van der Waals surface area (Å²) in [7, 11) is -2.66. The quantitative estimate of drug-likeness (QED) is 0.302. The zero-order valence-corrected chi connectivity index (χ0v) is 21.5. The van der Waals surface area contributed by atoms with Crippen LogP contribution in [-0.2, 0) is 19.6 Å². The van der Waals surface area contributed by atoms with Crippen LogP contribution in [0.5, 0.6) is 5.75 Å². The van der Waals surface area contributed by atoms with Crippen molar-refractivity contribution in [1.82, 2.24) is 5.43 Å². The van der Waals surface area contributed by atoms with Crippen LogP contribution < -0.4 is 19.8 Å². The van der Waals surface area contributed by atoms with Crippen molar-refractivity contribution in [3.05, 3.63) is 70.6 Å². The number of sulfonamides is 1. The van der Waals surface area contributed by atoms with Gasteiger partial charge in [0.2, 0.25) is 5.91 Å². The molecule has 12 heteroatoms. The maximum Gasteiger partial charge on any atom is 0.264 e. The van der Waals surface area contributed by atoms with E-state index in [-0.39, 0.29) is 16.5 Å². The summed E-state index contributed by atoms with van der Waals surface area (Å²) in [5, 5.41) is 6.42. The molecule has 184 valence electrons. The molecule has 3 rings (SSSR count). The number of aryl methyl sites for hydroxylation is 1. The lowest BCUT2D eigenvalue weighted by Gasteiger charge is -2.24. The fourth-order valence-corrected chi connectivity index (χ4v) is 4.71. The predicted molar refractivity (Wildman–Crippen MR) is 135 cm³/mol. The molecule has 35 heavy (non-hydrogen) atoms. The number of hydrazone groups is 1. The average Bonchev–Trinajstić information content (AvgIpc) is 3.14. The highest BCUT2D eigenvalue weighted by molar-refractivity contribution is 9.10. The minimum Gasteiger partial charge on any atom is -0.497 e. The second kappa shape index (κ2) is 11.2. The zero-order chi connectivity index (χ0) is 25.6. The third kappa shape index (κ3) is 6.70. The van der Waals surface area contributed by atoms with Crippen LogP contribution >= 0.6 is 15.9 Å². The molecular formula is C23H23BrN4O6S. The SMILES string of the molecule is COc1ccc(N(CC(=O)N/N=C/c2cc(Br)c(C)o2)S(=O)(=O)c2ccc(NC(C)=O)cc2)cc1. The van der Waals surface area contributed by atoms with Gasteiger partial charge in [-0.2, -0.15) is 5.10 Å². The summed E-state index contributed by atoms with van der Waals surface area (Å²) in [6.45, 7) is 2.57. The van der Waals surface area contributed by atoms with Gasteiger partial charge in [0.25, 0.3) is 15.9 Å². The Morgan fingerprint density at radius 1 is 1.14 bits per heavy atom. The summed E-state index contributed by atoms with van der Waals surface area (Å²) >= 11 is 3.32. The number of hydrogen-bond donors (Lipinski definition) is 2. The number of carbonyl (C=O) groups excluding carboxylic acids is 2. The first-order valence-corrected chi connectivity index (χ1v) is 12.5. The molecule has 0 unspecified atom stereocenters. The van der Waals surface area contributed by atoms with E-state index in [2.05, 4.69) is 31.8 Å². The minimum absolute atomic E-state index is 0.0605. The maximum atomic E-state index is 13.5. The number of benzene rings is 2. The van der Waals surface area contributed by atoms with Gasteiger partial charge in [0.1, 0.15) is 23.8 Å². The van der Waals surface area contributed by atoms with E-state index in [9.17, 15) is 18.0 Å². The lowest BCUT2D eigenvalue weighted by molar-refractivity contribution is -0.119. The number of anilines is 2. The molecule has 0 saturated heterocycles. The molecule has 0 aliphatic carbocycles. The summed E-state index contributed by atoms with van der Waals surface area (Å²) in [5.41, 5.74) is 3.01. The number of furan rings is 1. The molecule has 0 bridgehead atoms. The molecule has 0 aliphatic heterocycles. The van der Waals surface area contributed by atoms with Crippen molar-refractivity contribution in [2.75, 3.05) is 23.3 Å². The molecule has 0 aliphatic rings. The first kappa shape index (κ1) is 26.0. The van der Waals surface area contributed by atoms with Crippen molar-refractivity contribution in [3.8, 4) is 5.75 Å². The average molecular weight is 563 g/mol. The topological polar surface area (TPSA) is 130 Å². The van der Waals surface area contributed by atoms with E-state index in [4.69, 9.17) is 9.15 Å². The number of carbonyl (C=O) groups is 2. The van der Waals surface area contributed by atoms with Crippen molar-refractivity contribution in [2.45, 2.75) is 18.7 Å². The molecule has 0 spiro atoms. The van der Waals surface area contributed by atoms with E-state index >= 15 is 0 Å². The standard InChI is InChI=1S/C23H23BrN4O6S/c1-15-22(24)12-20(34-15)13-25-27-23(30)14-28(18-6-8-19(33-3)9-7-18)35(31,32)21-10-4-17(5-11-21)26-16(2)29/h4-13H,14H2,1-3H3,(H,26,29)(H,27,30)/b25-13+. The van der Waals surface area contributed by atoms with Crippen LogP contribution in [0.1, 0.15) is 18.4 Å². The normalized spacial score (nSPS) is 11.3. The van der Waals surface area contributed by atoms with Crippen LogP contribution in [0.3, 0.4) is 0 Å². The van der Waals surface area contributed by atoms with Gasteiger partial charge >= 0.3 is 0 Å². The largest absolute Gasteiger partial charge is 0.497 e. The van der Waals surface area contributed by atoms with Crippen molar-refractivity contribution in [1.29, 1.82) is 0 Å². The van der Waals surface area contributed by atoms with Gasteiger partial charge in [-0.1, -0.05) is 0 Å². The Morgan fingerprint density at radius 3 is 2.34 bits per heavy atom. The van der Waals surface area contributed by atoms with Crippen LogP contribution in [0.25, 0.3) is 0 Å². The highest BCUT2D eigenvalue weighted by atomic mass is 79.9. The maximum absolute atomic E-state index is 13.5. The molecular weight excluding hydrogens is 540 g/mol. The molecule has 3 aromatic rings. The number of ether oxygens (including phenoxy) is 1. The summed E-state index contributed by atoms with van der Waals surface area (Å²) in [4.78, 5) is 23.8.